The van der Waals surface area contributed by atoms with Crippen molar-refractivity contribution in [1.29, 1.82) is 0 Å². The molecule has 1 N–H and O–H groups in total. The normalized spacial score (nSPS) is 22.2. The molecule has 2 rings (SSSR count). The number of hydrogen-bond donors (Lipinski definition) is 1. The van der Waals surface area contributed by atoms with E-state index in [1.807, 2.05) is 0 Å². The van der Waals surface area contributed by atoms with Gasteiger partial charge in [0.15, 0.2) is 0 Å². The van der Waals surface area contributed by atoms with E-state index in [0.717, 1.165) is 17.7 Å². The van der Waals surface area contributed by atoms with E-state index >= 15 is 0 Å². The molecule has 0 spiro atoms. The van der Waals surface area contributed by atoms with Crippen molar-refractivity contribution >= 4 is 0 Å². The van der Waals surface area contributed by atoms with E-state index in [2.05, 4.69) is 23.9 Å². The summed E-state index contributed by atoms with van der Waals surface area (Å²) >= 11 is 0. The van der Waals surface area contributed by atoms with Crippen LogP contribution in [-0.2, 0) is 13.0 Å². The van der Waals surface area contributed by atoms with Gasteiger partial charge in [0.25, 0.3) is 0 Å². The molecule has 1 unspecified atom stereocenters. The minimum atomic E-state index is 0.0211. The fraction of sp³-hybridized carbons (Fsp3) is 0.769. The van der Waals surface area contributed by atoms with E-state index in [1.54, 1.807) is 6.20 Å². The molecule has 1 fully saturated rings. The second kappa shape index (κ2) is 5.65. The molecule has 0 radical (unpaired) electrons. The molecule has 1 aliphatic rings. The maximum Gasteiger partial charge on any atom is 0.143 e. The number of aliphatic hydroxyl groups is 1. The van der Waals surface area contributed by atoms with E-state index in [4.69, 9.17) is 4.52 Å². The number of hydrogen-bond acceptors (Lipinski definition) is 4. The number of nitrogens with zero attached hydrogens (tertiary/aromatic N) is 2. The van der Waals surface area contributed by atoms with Crippen LogP contribution in [0.2, 0.25) is 0 Å². The molecule has 96 valence electrons. The molecule has 1 aromatic heterocycles. The number of aromatic nitrogens is 1. The summed E-state index contributed by atoms with van der Waals surface area (Å²) in [6.45, 7) is 5.68. The zero-order valence-electron chi connectivity index (χ0n) is 10.7. The molecule has 1 aliphatic heterocycles. The van der Waals surface area contributed by atoms with Gasteiger partial charge in [-0.15, -0.1) is 0 Å². The summed E-state index contributed by atoms with van der Waals surface area (Å²) < 4.78 is 5.25. The van der Waals surface area contributed by atoms with Gasteiger partial charge in [0, 0.05) is 24.1 Å². The topological polar surface area (TPSA) is 49.5 Å². The Hall–Kier alpha value is -0.870. The zero-order chi connectivity index (χ0) is 12.3. The highest BCUT2D eigenvalue weighted by Gasteiger charge is 2.26. The van der Waals surface area contributed by atoms with Gasteiger partial charge in [-0.05, 0) is 33.2 Å². The standard InChI is InChI=1S/C13H22N2O2/c1-10(2)15-6-4-3-5-12(15)7-13-11(9-16)8-14-17-13/h8,10,12,16H,3-7,9H2,1-2H3. The lowest BCUT2D eigenvalue weighted by Gasteiger charge is -2.38. The molecule has 0 aromatic carbocycles. The van der Waals surface area contributed by atoms with Crippen LogP contribution in [0.4, 0.5) is 0 Å². The highest BCUT2D eigenvalue weighted by atomic mass is 16.5. The maximum absolute atomic E-state index is 9.20. The van der Waals surface area contributed by atoms with Crippen molar-refractivity contribution in [2.45, 2.75) is 58.2 Å². The fourth-order valence-corrected chi connectivity index (χ4v) is 2.72. The third-order valence-electron chi connectivity index (χ3n) is 3.66. The maximum atomic E-state index is 9.20. The van der Waals surface area contributed by atoms with Crippen LogP contribution in [0.1, 0.15) is 44.4 Å². The van der Waals surface area contributed by atoms with E-state index in [1.165, 1.54) is 25.8 Å². The van der Waals surface area contributed by atoms with Gasteiger partial charge < -0.3 is 9.63 Å². The molecule has 1 atom stereocenters. The predicted octanol–water partition coefficient (Wildman–Crippen LogP) is 1.97. The summed E-state index contributed by atoms with van der Waals surface area (Å²) in [4.78, 5) is 2.53. The Balaban J connectivity index is 2.05. The Kier molecular flexibility index (Phi) is 4.18. The molecule has 0 amide bonds. The molecule has 1 aromatic rings. The van der Waals surface area contributed by atoms with Gasteiger partial charge in [-0.2, -0.15) is 0 Å². The van der Waals surface area contributed by atoms with E-state index in [-0.39, 0.29) is 6.61 Å². The monoisotopic (exact) mass is 238 g/mol. The van der Waals surface area contributed by atoms with Crippen molar-refractivity contribution in [3.63, 3.8) is 0 Å². The molecule has 1 saturated heterocycles. The first-order valence-corrected chi connectivity index (χ1v) is 6.51. The van der Waals surface area contributed by atoms with Gasteiger partial charge in [0.2, 0.25) is 0 Å². The first-order chi connectivity index (χ1) is 8.22. The predicted molar refractivity (Wildman–Crippen MR) is 65.6 cm³/mol. The SMILES string of the molecule is CC(C)N1CCCCC1Cc1oncc1CO. The van der Waals surface area contributed by atoms with Crippen molar-refractivity contribution < 1.29 is 9.63 Å². The Bertz CT molecular complexity index is 349. The third kappa shape index (κ3) is 2.87. The molecule has 0 aliphatic carbocycles. The largest absolute Gasteiger partial charge is 0.391 e. The van der Waals surface area contributed by atoms with Crippen LogP contribution >= 0.6 is 0 Å². The van der Waals surface area contributed by atoms with Crippen LogP contribution in [0, 0.1) is 0 Å². The Morgan fingerprint density at radius 1 is 1.53 bits per heavy atom. The highest BCUT2D eigenvalue weighted by Crippen LogP contribution is 2.24. The fourth-order valence-electron chi connectivity index (χ4n) is 2.72. The quantitative estimate of drug-likeness (QED) is 0.871. The number of aliphatic hydroxyl groups excluding tert-OH is 1. The first-order valence-electron chi connectivity index (χ1n) is 6.51. The van der Waals surface area contributed by atoms with Crippen LogP contribution in [0.15, 0.2) is 10.7 Å². The van der Waals surface area contributed by atoms with Crippen molar-refractivity contribution in [2.24, 2.45) is 0 Å². The van der Waals surface area contributed by atoms with Gasteiger partial charge in [0.1, 0.15) is 5.76 Å². The van der Waals surface area contributed by atoms with Gasteiger partial charge in [-0.1, -0.05) is 11.6 Å². The lowest BCUT2D eigenvalue weighted by molar-refractivity contribution is 0.106. The molecule has 4 nitrogen and oxygen atoms in total. The summed E-state index contributed by atoms with van der Waals surface area (Å²) in [7, 11) is 0. The van der Waals surface area contributed by atoms with Gasteiger partial charge in [-0.3, -0.25) is 4.90 Å². The van der Waals surface area contributed by atoms with Crippen LogP contribution in [0.25, 0.3) is 0 Å². The molecule has 0 saturated carbocycles. The Morgan fingerprint density at radius 3 is 3.06 bits per heavy atom. The highest BCUT2D eigenvalue weighted by molar-refractivity contribution is 5.13. The van der Waals surface area contributed by atoms with E-state index in [0.29, 0.717) is 12.1 Å². The average molecular weight is 238 g/mol. The van der Waals surface area contributed by atoms with E-state index < -0.39 is 0 Å². The number of piperidine rings is 1. The van der Waals surface area contributed by atoms with Crippen molar-refractivity contribution in [2.75, 3.05) is 6.54 Å². The van der Waals surface area contributed by atoms with Crippen LogP contribution in [-0.4, -0.2) is 33.8 Å². The molecular formula is C13H22N2O2. The summed E-state index contributed by atoms with van der Waals surface area (Å²) in [6.07, 6.45) is 6.28. The summed E-state index contributed by atoms with van der Waals surface area (Å²) in [5, 5.41) is 13.0. The molecule has 2 heterocycles. The van der Waals surface area contributed by atoms with Crippen molar-refractivity contribution in [1.82, 2.24) is 10.1 Å². The summed E-state index contributed by atoms with van der Waals surface area (Å²) in [5.41, 5.74) is 0.833. The molecule has 17 heavy (non-hydrogen) atoms. The lowest BCUT2D eigenvalue weighted by Crippen LogP contribution is -2.45. The van der Waals surface area contributed by atoms with Crippen LogP contribution in [0.5, 0.6) is 0 Å². The van der Waals surface area contributed by atoms with Crippen LogP contribution < -0.4 is 0 Å². The first kappa shape index (κ1) is 12.6. The number of likely N-dealkylation sites (tertiary alicyclic amines) is 1. The van der Waals surface area contributed by atoms with Crippen molar-refractivity contribution in [3.8, 4) is 0 Å². The minimum Gasteiger partial charge on any atom is -0.391 e. The van der Waals surface area contributed by atoms with E-state index in [9.17, 15) is 5.11 Å². The summed E-state index contributed by atoms with van der Waals surface area (Å²) in [6, 6.07) is 1.10. The van der Waals surface area contributed by atoms with Gasteiger partial charge in [0.05, 0.1) is 12.8 Å². The average Bonchev–Trinajstić information content (AvgIpc) is 2.77. The zero-order valence-corrected chi connectivity index (χ0v) is 10.7. The molecule has 0 bridgehead atoms. The summed E-state index contributed by atoms with van der Waals surface area (Å²) in [5.74, 6) is 0.852. The van der Waals surface area contributed by atoms with Crippen molar-refractivity contribution in [3.05, 3.63) is 17.5 Å². The van der Waals surface area contributed by atoms with Gasteiger partial charge >= 0.3 is 0 Å². The smallest absolute Gasteiger partial charge is 0.143 e. The Labute approximate surface area is 103 Å². The lowest BCUT2D eigenvalue weighted by atomic mass is 9.96. The minimum absolute atomic E-state index is 0.0211. The molecule has 4 heteroatoms. The second-order valence-corrected chi connectivity index (χ2v) is 5.12. The van der Waals surface area contributed by atoms with Crippen LogP contribution in [0.3, 0.4) is 0 Å². The third-order valence-corrected chi connectivity index (χ3v) is 3.66. The second-order valence-electron chi connectivity index (χ2n) is 5.12. The van der Waals surface area contributed by atoms with Gasteiger partial charge in [-0.25, -0.2) is 0 Å². The number of rotatable bonds is 4. The Morgan fingerprint density at radius 2 is 2.35 bits per heavy atom. The molecular weight excluding hydrogens is 216 g/mol.